The van der Waals surface area contributed by atoms with E-state index in [2.05, 4.69) is 0 Å². The molecule has 0 fully saturated rings. The Balaban J connectivity index is 2.71. The molecule has 0 heterocycles. The normalized spacial score (nSPS) is 10.0. The Morgan fingerprint density at radius 3 is 2.68 bits per heavy atom. The van der Waals surface area contributed by atoms with Crippen LogP contribution in [0.2, 0.25) is 0 Å². The van der Waals surface area contributed by atoms with Gasteiger partial charge in [-0.3, -0.25) is 9.59 Å². The van der Waals surface area contributed by atoms with Crippen LogP contribution >= 0.6 is 0 Å². The van der Waals surface area contributed by atoms with Crippen molar-refractivity contribution in [2.24, 2.45) is 0 Å². The van der Waals surface area contributed by atoms with Crippen LogP contribution in [-0.2, 0) is 16.0 Å². The minimum absolute atomic E-state index is 0.183. The topological polar surface area (TPSA) is 66.8 Å². The molecule has 1 amide bonds. The number of benzene rings is 1. The SMILES string of the molecule is CCCN(CC(=O)O)C(=O)Cc1cccc(OC)c1. The highest BCUT2D eigenvalue weighted by Gasteiger charge is 2.16. The summed E-state index contributed by atoms with van der Waals surface area (Å²) in [5.41, 5.74) is 0.816. The van der Waals surface area contributed by atoms with Crippen molar-refractivity contribution in [2.75, 3.05) is 20.2 Å². The van der Waals surface area contributed by atoms with Gasteiger partial charge in [-0.05, 0) is 24.1 Å². The molecule has 0 saturated carbocycles. The van der Waals surface area contributed by atoms with Crippen LogP contribution in [0.15, 0.2) is 24.3 Å². The Labute approximate surface area is 112 Å². The first-order valence-electron chi connectivity index (χ1n) is 6.19. The van der Waals surface area contributed by atoms with E-state index >= 15 is 0 Å². The molecule has 1 N–H and O–H groups in total. The van der Waals surface area contributed by atoms with Gasteiger partial charge in [0.05, 0.1) is 13.5 Å². The van der Waals surface area contributed by atoms with E-state index in [1.807, 2.05) is 19.1 Å². The number of carboxylic acid groups (broad SMARTS) is 1. The number of nitrogens with zero attached hydrogens (tertiary/aromatic N) is 1. The van der Waals surface area contributed by atoms with E-state index in [0.717, 1.165) is 12.0 Å². The fourth-order valence-electron chi connectivity index (χ4n) is 1.79. The molecule has 0 aliphatic carbocycles. The standard InChI is InChI=1S/C14H19NO4/c1-3-7-15(10-14(17)18)13(16)9-11-5-4-6-12(8-11)19-2/h4-6,8H,3,7,9-10H2,1-2H3,(H,17,18). The molecule has 0 bridgehead atoms. The zero-order chi connectivity index (χ0) is 14.3. The fourth-order valence-corrected chi connectivity index (χ4v) is 1.79. The van der Waals surface area contributed by atoms with Gasteiger partial charge in [0.1, 0.15) is 12.3 Å². The quantitative estimate of drug-likeness (QED) is 0.812. The predicted octanol–water partition coefficient (Wildman–Crippen LogP) is 1.56. The summed E-state index contributed by atoms with van der Waals surface area (Å²) < 4.78 is 5.09. The molecule has 0 spiro atoms. The lowest BCUT2D eigenvalue weighted by atomic mass is 10.1. The lowest BCUT2D eigenvalue weighted by molar-refractivity contribution is -0.144. The van der Waals surface area contributed by atoms with Gasteiger partial charge in [-0.25, -0.2) is 0 Å². The highest BCUT2D eigenvalue weighted by atomic mass is 16.5. The van der Waals surface area contributed by atoms with Crippen LogP contribution in [0, 0.1) is 0 Å². The number of carbonyl (C=O) groups is 2. The van der Waals surface area contributed by atoms with Gasteiger partial charge in [0.2, 0.25) is 5.91 Å². The van der Waals surface area contributed by atoms with Crippen molar-refractivity contribution >= 4 is 11.9 Å². The summed E-state index contributed by atoms with van der Waals surface area (Å²) in [5, 5.41) is 8.79. The fraction of sp³-hybridized carbons (Fsp3) is 0.429. The molecule has 1 aromatic carbocycles. The lowest BCUT2D eigenvalue weighted by Crippen LogP contribution is -2.37. The summed E-state index contributed by atoms with van der Waals surface area (Å²) in [6.07, 6.45) is 0.918. The van der Waals surface area contributed by atoms with Crippen molar-refractivity contribution < 1.29 is 19.4 Å². The minimum atomic E-state index is -0.993. The van der Waals surface area contributed by atoms with E-state index in [0.29, 0.717) is 12.3 Å². The van der Waals surface area contributed by atoms with E-state index in [1.165, 1.54) is 4.90 Å². The van der Waals surface area contributed by atoms with Gasteiger partial charge >= 0.3 is 5.97 Å². The summed E-state index contributed by atoms with van der Waals surface area (Å²) in [5.74, 6) is -0.490. The number of carbonyl (C=O) groups excluding carboxylic acids is 1. The molecule has 0 atom stereocenters. The first kappa shape index (κ1) is 15.0. The van der Waals surface area contributed by atoms with Gasteiger partial charge < -0.3 is 14.7 Å². The lowest BCUT2D eigenvalue weighted by Gasteiger charge is -2.20. The van der Waals surface area contributed by atoms with Crippen LogP contribution in [0.5, 0.6) is 5.75 Å². The number of amides is 1. The van der Waals surface area contributed by atoms with E-state index in [-0.39, 0.29) is 18.9 Å². The summed E-state index contributed by atoms with van der Waals surface area (Å²) in [6, 6.07) is 7.21. The second-order valence-corrected chi connectivity index (χ2v) is 4.24. The molecular formula is C14H19NO4. The van der Waals surface area contributed by atoms with Crippen LogP contribution in [0.1, 0.15) is 18.9 Å². The highest BCUT2D eigenvalue weighted by molar-refractivity contribution is 5.83. The Morgan fingerprint density at radius 2 is 2.11 bits per heavy atom. The number of ether oxygens (including phenoxy) is 1. The highest BCUT2D eigenvalue weighted by Crippen LogP contribution is 2.13. The van der Waals surface area contributed by atoms with Crippen molar-refractivity contribution in [1.82, 2.24) is 4.90 Å². The van der Waals surface area contributed by atoms with Crippen LogP contribution in [0.25, 0.3) is 0 Å². The maximum absolute atomic E-state index is 12.1. The van der Waals surface area contributed by atoms with Crippen molar-refractivity contribution in [1.29, 1.82) is 0 Å². The molecule has 104 valence electrons. The van der Waals surface area contributed by atoms with Gasteiger partial charge in [-0.1, -0.05) is 19.1 Å². The van der Waals surface area contributed by atoms with E-state index in [1.54, 1.807) is 19.2 Å². The largest absolute Gasteiger partial charge is 0.497 e. The molecule has 0 radical (unpaired) electrons. The van der Waals surface area contributed by atoms with Crippen LogP contribution in [0.3, 0.4) is 0 Å². The van der Waals surface area contributed by atoms with Crippen LogP contribution < -0.4 is 4.74 Å². The molecule has 0 aliphatic heterocycles. The van der Waals surface area contributed by atoms with E-state index in [4.69, 9.17) is 9.84 Å². The Kier molecular flexibility index (Phi) is 5.85. The molecule has 0 aliphatic rings. The van der Waals surface area contributed by atoms with Gasteiger partial charge in [0.15, 0.2) is 0 Å². The van der Waals surface area contributed by atoms with Gasteiger partial charge in [-0.2, -0.15) is 0 Å². The van der Waals surface area contributed by atoms with Crippen molar-refractivity contribution in [3.63, 3.8) is 0 Å². The molecule has 1 rings (SSSR count). The second kappa shape index (κ2) is 7.41. The monoisotopic (exact) mass is 265 g/mol. The zero-order valence-electron chi connectivity index (χ0n) is 11.3. The third-order valence-corrected chi connectivity index (χ3v) is 2.66. The van der Waals surface area contributed by atoms with E-state index in [9.17, 15) is 9.59 Å². The average Bonchev–Trinajstić information content (AvgIpc) is 2.38. The molecule has 5 heteroatoms. The summed E-state index contributed by atoms with van der Waals surface area (Å²) in [6.45, 7) is 2.11. The Morgan fingerprint density at radius 1 is 1.37 bits per heavy atom. The molecule has 0 aromatic heterocycles. The number of aliphatic carboxylic acids is 1. The van der Waals surface area contributed by atoms with Crippen LogP contribution in [0.4, 0.5) is 0 Å². The van der Waals surface area contributed by atoms with Crippen molar-refractivity contribution in [2.45, 2.75) is 19.8 Å². The summed E-state index contributed by atoms with van der Waals surface area (Å²) in [7, 11) is 1.56. The minimum Gasteiger partial charge on any atom is -0.497 e. The van der Waals surface area contributed by atoms with Gasteiger partial charge in [0.25, 0.3) is 0 Å². The number of rotatable bonds is 7. The molecular weight excluding hydrogens is 246 g/mol. The van der Waals surface area contributed by atoms with Gasteiger partial charge in [-0.15, -0.1) is 0 Å². The maximum Gasteiger partial charge on any atom is 0.323 e. The molecule has 0 unspecified atom stereocenters. The molecule has 19 heavy (non-hydrogen) atoms. The molecule has 1 aromatic rings. The van der Waals surface area contributed by atoms with Crippen molar-refractivity contribution in [3.05, 3.63) is 29.8 Å². The maximum atomic E-state index is 12.1. The third kappa shape index (κ3) is 4.99. The predicted molar refractivity (Wildman–Crippen MR) is 71.2 cm³/mol. The molecule has 5 nitrogen and oxygen atoms in total. The first-order chi connectivity index (χ1) is 9.06. The third-order valence-electron chi connectivity index (χ3n) is 2.66. The van der Waals surface area contributed by atoms with Crippen molar-refractivity contribution in [3.8, 4) is 5.75 Å². The average molecular weight is 265 g/mol. The number of hydrogen-bond donors (Lipinski definition) is 1. The first-order valence-corrected chi connectivity index (χ1v) is 6.19. The van der Waals surface area contributed by atoms with Gasteiger partial charge in [0, 0.05) is 6.54 Å². The summed E-state index contributed by atoms with van der Waals surface area (Å²) >= 11 is 0. The Hall–Kier alpha value is -2.04. The summed E-state index contributed by atoms with van der Waals surface area (Å²) in [4.78, 5) is 24.2. The second-order valence-electron chi connectivity index (χ2n) is 4.24. The number of hydrogen-bond acceptors (Lipinski definition) is 3. The molecule has 0 saturated heterocycles. The Bertz CT molecular complexity index is 445. The van der Waals surface area contributed by atoms with E-state index < -0.39 is 5.97 Å². The number of carboxylic acids is 1. The number of methoxy groups -OCH3 is 1. The van der Waals surface area contributed by atoms with Crippen LogP contribution in [-0.4, -0.2) is 42.1 Å². The zero-order valence-corrected chi connectivity index (χ0v) is 11.3. The smallest absolute Gasteiger partial charge is 0.323 e.